The predicted octanol–water partition coefficient (Wildman–Crippen LogP) is 3.48. The first-order valence-electron chi connectivity index (χ1n) is 8.59. The molecule has 3 rings (SSSR count). The summed E-state index contributed by atoms with van der Waals surface area (Å²) in [4.78, 5) is 22.6. The number of non-ortho nitro benzene ring substituents is 1. The van der Waals surface area contributed by atoms with Crippen molar-refractivity contribution in [3.63, 3.8) is 0 Å². The van der Waals surface area contributed by atoms with Crippen molar-refractivity contribution in [1.82, 2.24) is 15.5 Å². The van der Waals surface area contributed by atoms with Crippen LogP contribution in [-0.4, -0.2) is 32.8 Å². The minimum atomic E-state index is -0.489. The third-order valence-corrected chi connectivity index (χ3v) is 4.85. The lowest BCUT2D eigenvalue weighted by atomic mass is 10.1. The van der Waals surface area contributed by atoms with Crippen molar-refractivity contribution in [2.24, 2.45) is 0 Å². The summed E-state index contributed by atoms with van der Waals surface area (Å²) in [6, 6.07) is 15.8. The Morgan fingerprint density at radius 2 is 2.00 bits per heavy atom. The Morgan fingerprint density at radius 1 is 1.21 bits per heavy atom. The lowest BCUT2D eigenvalue weighted by Crippen LogP contribution is -2.32. The number of nitrogens with one attached hydrogen (secondary N) is 1. The van der Waals surface area contributed by atoms with Crippen LogP contribution in [0.5, 0.6) is 0 Å². The molecule has 3 aromatic rings. The summed E-state index contributed by atoms with van der Waals surface area (Å²) >= 11 is 1.14. The maximum Gasteiger partial charge on any atom is 0.277 e. The van der Waals surface area contributed by atoms with Crippen molar-refractivity contribution in [1.29, 1.82) is 0 Å². The fourth-order valence-electron chi connectivity index (χ4n) is 2.45. The lowest BCUT2D eigenvalue weighted by molar-refractivity contribution is -0.384. The maximum absolute atomic E-state index is 12.2. The van der Waals surface area contributed by atoms with Crippen molar-refractivity contribution in [2.75, 3.05) is 6.54 Å². The van der Waals surface area contributed by atoms with Gasteiger partial charge >= 0.3 is 0 Å². The van der Waals surface area contributed by atoms with Crippen LogP contribution >= 0.6 is 11.8 Å². The first-order valence-corrected chi connectivity index (χ1v) is 9.47. The second kappa shape index (κ2) is 9.14. The van der Waals surface area contributed by atoms with Gasteiger partial charge in [0, 0.05) is 24.2 Å². The number of nitro benzene ring substituents is 1. The van der Waals surface area contributed by atoms with Gasteiger partial charge in [-0.1, -0.05) is 48.2 Å². The smallest absolute Gasteiger partial charge is 0.277 e. The molecule has 0 aliphatic carbocycles. The fraction of sp³-hybridized carbons (Fsp3) is 0.211. The molecule has 8 nitrogen and oxygen atoms in total. The molecule has 0 aliphatic rings. The number of amides is 1. The van der Waals surface area contributed by atoms with E-state index in [4.69, 9.17) is 4.42 Å². The highest BCUT2D eigenvalue weighted by molar-refractivity contribution is 8.00. The van der Waals surface area contributed by atoms with E-state index in [1.165, 1.54) is 12.1 Å². The zero-order chi connectivity index (χ0) is 19.9. The van der Waals surface area contributed by atoms with E-state index in [0.29, 0.717) is 12.1 Å². The summed E-state index contributed by atoms with van der Waals surface area (Å²) in [5, 5.41) is 21.4. The van der Waals surface area contributed by atoms with Crippen LogP contribution in [0.3, 0.4) is 0 Å². The molecule has 0 spiro atoms. The quantitative estimate of drug-likeness (QED) is 0.351. The summed E-state index contributed by atoms with van der Waals surface area (Å²) in [7, 11) is 0. The molecule has 0 saturated carbocycles. The number of nitrogens with zero attached hydrogens (tertiary/aromatic N) is 3. The standard InChI is InChI=1S/C19H18N4O4S/c1-13(17(24)20-11-10-14-6-3-2-4-7-14)28-19-22-21-18(27-19)15-8-5-9-16(12-15)23(25)26/h2-9,12-13H,10-11H2,1H3,(H,20,24)/t13-/m1/s1. The van der Waals surface area contributed by atoms with Crippen LogP contribution in [0.25, 0.3) is 11.5 Å². The highest BCUT2D eigenvalue weighted by atomic mass is 32.2. The molecule has 1 aromatic heterocycles. The van der Waals surface area contributed by atoms with Crippen LogP contribution in [0, 0.1) is 10.1 Å². The van der Waals surface area contributed by atoms with Crippen molar-refractivity contribution in [3.05, 3.63) is 70.3 Å². The van der Waals surface area contributed by atoms with Gasteiger partial charge in [-0.2, -0.15) is 0 Å². The van der Waals surface area contributed by atoms with Crippen LogP contribution in [0.4, 0.5) is 5.69 Å². The zero-order valence-electron chi connectivity index (χ0n) is 15.1. The minimum Gasteiger partial charge on any atom is -0.411 e. The highest BCUT2D eigenvalue weighted by Gasteiger charge is 2.19. The SMILES string of the molecule is C[C@@H](Sc1nnc(-c2cccc([N+](=O)[O-])c2)o1)C(=O)NCCc1ccccc1. The second-order valence-corrected chi connectivity index (χ2v) is 7.26. The van der Waals surface area contributed by atoms with Gasteiger partial charge in [0.15, 0.2) is 0 Å². The van der Waals surface area contributed by atoms with Gasteiger partial charge in [0.25, 0.3) is 10.9 Å². The van der Waals surface area contributed by atoms with E-state index in [0.717, 1.165) is 23.7 Å². The molecule has 144 valence electrons. The Labute approximate surface area is 165 Å². The van der Waals surface area contributed by atoms with E-state index in [-0.39, 0.29) is 22.7 Å². The minimum absolute atomic E-state index is 0.0592. The van der Waals surface area contributed by atoms with E-state index in [1.807, 2.05) is 30.3 Å². The van der Waals surface area contributed by atoms with Crippen LogP contribution in [0.15, 0.2) is 64.2 Å². The summed E-state index contributed by atoms with van der Waals surface area (Å²) in [6.07, 6.45) is 0.751. The second-order valence-electron chi connectivity index (χ2n) is 5.97. The van der Waals surface area contributed by atoms with E-state index < -0.39 is 10.2 Å². The Bertz CT molecular complexity index is 961. The molecule has 0 saturated heterocycles. The number of nitro groups is 1. The van der Waals surface area contributed by atoms with Crippen LogP contribution in [0.2, 0.25) is 0 Å². The zero-order valence-corrected chi connectivity index (χ0v) is 15.9. The fourth-order valence-corrected chi connectivity index (χ4v) is 3.16. The summed E-state index contributed by atoms with van der Waals surface area (Å²) in [5.41, 5.74) is 1.55. The number of carbonyl (C=O) groups excluding carboxylic acids is 1. The molecule has 1 N–H and O–H groups in total. The third kappa shape index (κ3) is 5.17. The molecule has 0 fully saturated rings. The largest absolute Gasteiger partial charge is 0.411 e. The molecular formula is C19H18N4O4S. The first-order chi connectivity index (χ1) is 13.5. The van der Waals surface area contributed by atoms with E-state index in [2.05, 4.69) is 15.5 Å². The monoisotopic (exact) mass is 398 g/mol. The van der Waals surface area contributed by atoms with Crippen LogP contribution in [0.1, 0.15) is 12.5 Å². The van der Waals surface area contributed by atoms with Gasteiger partial charge in [0.2, 0.25) is 11.8 Å². The first kappa shape index (κ1) is 19.6. The average molecular weight is 398 g/mol. The molecule has 2 aromatic carbocycles. The molecular weight excluding hydrogens is 380 g/mol. The van der Waals surface area contributed by atoms with Crippen LogP contribution in [-0.2, 0) is 11.2 Å². The molecule has 0 unspecified atom stereocenters. The number of hydrogen-bond acceptors (Lipinski definition) is 7. The molecule has 0 bridgehead atoms. The Kier molecular flexibility index (Phi) is 6.38. The summed E-state index contributed by atoms with van der Waals surface area (Å²) in [6.45, 7) is 2.29. The highest BCUT2D eigenvalue weighted by Crippen LogP contribution is 2.27. The average Bonchev–Trinajstić information content (AvgIpc) is 3.17. The molecule has 1 heterocycles. The van der Waals surface area contributed by atoms with E-state index in [1.54, 1.807) is 19.1 Å². The number of rotatable bonds is 8. The number of carbonyl (C=O) groups is 1. The van der Waals surface area contributed by atoms with E-state index in [9.17, 15) is 14.9 Å². The van der Waals surface area contributed by atoms with Gasteiger partial charge < -0.3 is 9.73 Å². The van der Waals surface area contributed by atoms with Crippen molar-refractivity contribution in [3.8, 4) is 11.5 Å². The van der Waals surface area contributed by atoms with Gasteiger partial charge in [-0.25, -0.2) is 0 Å². The van der Waals surface area contributed by atoms with E-state index >= 15 is 0 Å². The molecule has 9 heteroatoms. The molecule has 0 aliphatic heterocycles. The third-order valence-electron chi connectivity index (χ3n) is 3.91. The predicted molar refractivity (Wildman–Crippen MR) is 105 cm³/mol. The topological polar surface area (TPSA) is 111 Å². The number of benzene rings is 2. The lowest BCUT2D eigenvalue weighted by Gasteiger charge is -2.09. The van der Waals surface area contributed by atoms with Gasteiger partial charge in [0.05, 0.1) is 10.2 Å². The molecule has 0 radical (unpaired) electrons. The van der Waals surface area contributed by atoms with Crippen molar-refractivity contribution >= 4 is 23.4 Å². The Balaban J connectivity index is 1.54. The normalized spacial score (nSPS) is 11.8. The number of aromatic nitrogens is 2. The van der Waals surface area contributed by atoms with Crippen molar-refractivity contribution < 1.29 is 14.1 Å². The number of hydrogen-bond donors (Lipinski definition) is 1. The van der Waals surface area contributed by atoms with Gasteiger partial charge in [-0.3, -0.25) is 14.9 Å². The molecule has 1 amide bonds. The Hall–Kier alpha value is -3.20. The molecule has 1 atom stereocenters. The van der Waals surface area contributed by atoms with Gasteiger partial charge in [-0.15, -0.1) is 10.2 Å². The number of thioether (sulfide) groups is 1. The summed E-state index contributed by atoms with van der Waals surface area (Å²) in [5.74, 6) is 0.0407. The van der Waals surface area contributed by atoms with Crippen LogP contribution < -0.4 is 5.32 Å². The maximum atomic E-state index is 12.2. The Morgan fingerprint density at radius 3 is 2.75 bits per heavy atom. The van der Waals surface area contributed by atoms with Crippen molar-refractivity contribution in [2.45, 2.75) is 23.8 Å². The van der Waals surface area contributed by atoms with Gasteiger partial charge in [-0.05, 0) is 25.0 Å². The summed E-state index contributed by atoms with van der Waals surface area (Å²) < 4.78 is 5.54. The van der Waals surface area contributed by atoms with Gasteiger partial charge in [0.1, 0.15) is 0 Å². The molecule has 28 heavy (non-hydrogen) atoms.